The van der Waals surface area contributed by atoms with Gasteiger partial charge in [-0.15, -0.1) is 0 Å². The maximum atomic E-state index is 11.0. The van der Waals surface area contributed by atoms with E-state index in [9.17, 15) is 14.4 Å². The number of aldehydes is 3. The minimum absolute atomic E-state index is 0.357. The van der Waals surface area contributed by atoms with Crippen LogP contribution in [0.5, 0.6) is 0 Å². The van der Waals surface area contributed by atoms with Crippen LogP contribution in [0.3, 0.4) is 0 Å². The fraction of sp³-hybridized carbons (Fsp3) is 0.0455. The zero-order chi connectivity index (χ0) is 18.6. The first-order chi connectivity index (χ1) is 12.6. The SMILES string of the molecule is O=Cc1ccc(C([SiH3])(c2ccc(C=O)cc2)c2ccc(C=O)cc2)cc1. The Morgan fingerprint density at radius 2 is 0.731 bits per heavy atom. The Balaban J connectivity index is 2.19. The van der Waals surface area contributed by atoms with E-state index in [1.165, 1.54) is 0 Å². The fourth-order valence-corrected chi connectivity index (χ4v) is 4.19. The molecule has 0 bridgehead atoms. The highest BCUT2D eigenvalue weighted by Crippen LogP contribution is 2.36. The number of hydrogen-bond acceptors (Lipinski definition) is 3. The van der Waals surface area contributed by atoms with Crippen molar-refractivity contribution in [2.75, 3.05) is 0 Å². The van der Waals surface area contributed by atoms with Crippen LogP contribution in [-0.2, 0) is 5.04 Å². The van der Waals surface area contributed by atoms with E-state index in [0.717, 1.165) is 45.8 Å². The van der Waals surface area contributed by atoms with Gasteiger partial charge in [0.25, 0.3) is 0 Å². The van der Waals surface area contributed by atoms with E-state index in [0.29, 0.717) is 16.7 Å². The predicted molar refractivity (Wildman–Crippen MR) is 105 cm³/mol. The topological polar surface area (TPSA) is 51.2 Å². The first-order valence-electron chi connectivity index (χ1n) is 8.29. The van der Waals surface area contributed by atoms with Crippen molar-refractivity contribution in [3.8, 4) is 0 Å². The van der Waals surface area contributed by atoms with Crippen molar-refractivity contribution in [1.29, 1.82) is 0 Å². The Morgan fingerprint density at radius 3 is 0.923 bits per heavy atom. The van der Waals surface area contributed by atoms with Gasteiger partial charge in [0.2, 0.25) is 0 Å². The molecule has 0 aromatic heterocycles. The molecule has 0 heterocycles. The lowest BCUT2D eigenvalue weighted by Gasteiger charge is -2.32. The zero-order valence-corrected chi connectivity index (χ0v) is 16.4. The van der Waals surface area contributed by atoms with E-state index in [1.54, 1.807) is 0 Å². The molecule has 26 heavy (non-hydrogen) atoms. The summed E-state index contributed by atoms with van der Waals surface area (Å²) in [5.41, 5.74) is 5.12. The molecule has 3 aromatic carbocycles. The van der Waals surface area contributed by atoms with Crippen LogP contribution < -0.4 is 0 Å². The van der Waals surface area contributed by atoms with Gasteiger partial charge in [-0.25, -0.2) is 0 Å². The van der Waals surface area contributed by atoms with Gasteiger partial charge in [0.05, 0.1) is 0 Å². The molecule has 3 rings (SSSR count). The van der Waals surface area contributed by atoms with Gasteiger partial charge in [0, 0.05) is 32.0 Å². The summed E-state index contributed by atoms with van der Waals surface area (Å²) in [6.45, 7) is 0. The molecule has 3 nitrogen and oxygen atoms in total. The van der Waals surface area contributed by atoms with Gasteiger partial charge in [-0.1, -0.05) is 72.8 Å². The minimum Gasteiger partial charge on any atom is -0.298 e. The van der Waals surface area contributed by atoms with Gasteiger partial charge in [-0.05, 0) is 16.7 Å². The third-order valence-electron chi connectivity index (χ3n) is 4.87. The Bertz CT molecular complexity index is 801. The lowest BCUT2D eigenvalue weighted by atomic mass is 9.83. The summed E-state index contributed by atoms with van der Waals surface area (Å²) in [5.74, 6) is 0. The largest absolute Gasteiger partial charge is 0.298 e. The van der Waals surface area contributed by atoms with E-state index in [-0.39, 0.29) is 5.04 Å². The maximum absolute atomic E-state index is 11.0. The first-order valence-corrected chi connectivity index (χ1v) is 9.29. The molecule has 0 atom stereocenters. The van der Waals surface area contributed by atoms with Gasteiger partial charge in [-0.3, -0.25) is 14.4 Å². The monoisotopic (exact) mass is 358 g/mol. The lowest BCUT2D eigenvalue weighted by molar-refractivity contribution is 0.111. The lowest BCUT2D eigenvalue weighted by Crippen LogP contribution is -2.29. The summed E-state index contributed by atoms with van der Waals surface area (Å²) < 4.78 is 0. The van der Waals surface area contributed by atoms with Crippen LogP contribution in [0.4, 0.5) is 0 Å². The zero-order valence-electron chi connectivity index (χ0n) is 14.4. The van der Waals surface area contributed by atoms with Crippen molar-refractivity contribution < 1.29 is 14.4 Å². The molecule has 0 aliphatic carbocycles. The van der Waals surface area contributed by atoms with Gasteiger partial charge in [0.15, 0.2) is 0 Å². The summed E-state index contributed by atoms with van der Waals surface area (Å²) in [6, 6.07) is 22.7. The van der Waals surface area contributed by atoms with Gasteiger partial charge in [0.1, 0.15) is 18.9 Å². The predicted octanol–water partition coefficient (Wildman–Crippen LogP) is 2.78. The average Bonchev–Trinajstić information content (AvgIpc) is 2.73. The number of benzene rings is 3. The molecular formula is C22H18O3Si. The van der Waals surface area contributed by atoms with Crippen LogP contribution in [0.2, 0.25) is 0 Å². The van der Waals surface area contributed by atoms with E-state index >= 15 is 0 Å². The Hall–Kier alpha value is -3.11. The van der Waals surface area contributed by atoms with Crippen molar-refractivity contribution >= 4 is 29.1 Å². The quantitative estimate of drug-likeness (QED) is 0.387. The highest BCUT2D eigenvalue weighted by Gasteiger charge is 2.31. The second-order valence-electron chi connectivity index (χ2n) is 6.34. The van der Waals surface area contributed by atoms with Crippen LogP contribution in [0.1, 0.15) is 47.8 Å². The summed E-state index contributed by atoms with van der Waals surface area (Å²) in [6.07, 6.45) is 2.49. The van der Waals surface area contributed by atoms with E-state index in [2.05, 4.69) is 0 Å². The molecule has 128 valence electrons. The van der Waals surface area contributed by atoms with Crippen LogP contribution in [0.25, 0.3) is 0 Å². The molecule has 0 amide bonds. The summed E-state index contributed by atoms with van der Waals surface area (Å²) in [7, 11) is 0.764. The van der Waals surface area contributed by atoms with Crippen molar-refractivity contribution in [1.82, 2.24) is 0 Å². The van der Waals surface area contributed by atoms with Crippen LogP contribution in [0, 0.1) is 0 Å². The summed E-state index contributed by atoms with van der Waals surface area (Å²) in [5, 5.41) is -0.357. The van der Waals surface area contributed by atoms with Crippen molar-refractivity contribution in [2.24, 2.45) is 0 Å². The number of carbonyl (C=O) groups is 3. The van der Waals surface area contributed by atoms with Gasteiger partial charge >= 0.3 is 0 Å². The van der Waals surface area contributed by atoms with Gasteiger partial charge in [-0.2, -0.15) is 0 Å². The van der Waals surface area contributed by atoms with E-state index in [4.69, 9.17) is 0 Å². The molecule has 0 radical (unpaired) electrons. The molecule has 0 aliphatic heterocycles. The molecule has 3 aromatic rings. The molecule has 0 saturated heterocycles. The first kappa shape index (κ1) is 17.7. The third kappa shape index (κ3) is 3.19. The van der Waals surface area contributed by atoms with Crippen LogP contribution in [-0.4, -0.2) is 29.1 Å². The van der Waals surface area contributed by atoms with E-state index < -0.39 is 0 Å². The fourth-order valence-electron chi connectivity index (χ4n) is 3.19. The molecule has 0 aliphatic rings. The molecule has 0 fully saturated rings. The summed E-state index contributed by atoms with van der Waals surface area (Å²) >= 11 is 0. The maximum Gasteiger partial charge on any atom is 0.150 e. The van der Waals surface area contributed by atoms with Crippen LogP contribution >= 0.6 is 0 Å². The van der Waals surface area contributed by atoms with Crippen LogP contribution in [0.15, 0.2) is 72.8 Å². The van der Waals surface area contributed by atoms with Gasteiger partial charge < -0.3 is 0 Å². The highest BCUT2D eigenvalue weighted by atomic mass is 28.1. The Labute approximate surface area is 155 Å². The number of rotatable bonds is 6. The molecule has 0 spiro atoms. The third-order valence-corrected chi connectivity index (χ3v) is 6.60. The number of hydrogen-bond donors (Lipinski definition) is 0. The van der Waals surface area contributed by atoms with Crippen molar-refractivity contribution in [3.63, 3.8) is 0 Å². The normalized spacial score (nSPS) is 11.1. The number of carbonyl (C=O) groups excluding carboxylic acids is 3. The van der Waals surface area contributed by atoms with E-state index in [1.807, 2.05) is 72.8 Å². The Kier molecular flexibility index (Phi) is 5.05. The smallest absolute Gasteiger partial charge is 0.150 e. The second-order valence-corrected chi connectivity index (χ2v) is 7.84. The molecular weight excluding hydrogens is 340 g/mol. The Morgan fingerprint density at radius 1 is 0.500 bits per heavy atom. The van der Waals surface area contributed by atoms with Crippen molar-refractivity contribution in [2.45, 2.75) is 5.04 Å². The average molecular weight is 358 g/mol. The summed E-state index contributed by atoms with van der Waals surface area (Å²) in [4.78, 5) is 33.0. The molecule has 4 heteroatoms. The second kappa shape index (κ2) is 7.41. The molecule has 0 N–H and O–H groups in total. The molecule has 0 unspecified atom stereocenters. The molecule has 0 saturated carbocycles. The highest BCUT2D eigenvalue weighted by molar-refractivity contribution is 6.20. The minimum atomic E-state index is -0.357. The standard InChI is InChI=1S/C22H18O3Si/c23-13-16-1-7-19(8-2-16)22(26,20-9-3-17(14-24)4-10-20)21-11-5-18(15-25)6-12-21/h1-15H,26H3. The van der Waals surface area contributed by atoms with Crippen molar-refractivity contribution in [3.05, 3.63) is 106 Å².